The molecule has 0 amide bonds. The molecule has 2 aromatic rings. The summed E-state index contributed by atoms with van der Waals surface area (Å²) in [7, 11) is 0. The lowest BCUT2D eigenvalue weighted by Gasteiger charge is -2.18. The summed E-state index contributed by atoms with van der Waals surface area (Å²) < 4.78 is 40.5. The second-order valence-corrected chi connectivity index (χ2v) is 5.79. The minimum Gasteiger partial charge on any atom is -0.369 e. The number of alkyl halides is 3. The fourth-order valence-corrected chi connectivity index (χ4v) is 3.13. The van der Waals surface area contributed by atoms with E-state index < -0.39 is 12.0 Å². The molecule has 0 spiro atoms. The third-order valence-electron chi connectivity index (χ3n) is 4.18. The van der Waals surface area contributed by atoms with Crippen LogP contribution in [0.15, 0.2) is 0 Å². The van der Waals surface area contributed by atoms with Gasteiger partial charge in [-0.15, -0.1) is 0 Å². The van der Waals surface area contributed by atoms with Crippen LogP contribution in [0.3, 0.4) is 0 Å². The molecule has 0 aliphatic heterocycles. The van der Waals surface area contributed by atoms with Crippen molar-refractivity contribution in [1.29, 1.82) is 0 Å². The Balaban J connectivity index is 2.16. The average molecular weight is 313 g/mol. The van der Waals surface area contributed by atoms with E-state index in [1.165, 1.54) is 6.92 Å². The van der Waals surface area contributed by atoms with Crippen molar-refractivity contribution in [2.45, 2.75) is 57.7 Å². The molecule has 0 atom stereocenters. The molecular weight excluding hydrogens is 295 g/mol. The van der Waals surface area contributed by atoms with Gasteiger partial charge in [-0.05, 0) is 19.8 Å². The maximum atomic E-state index is 13.0. The number of halogens is 3. The van der Waals surface area contributed by atoms with Gasteiger partial charge in [-0.2, -0.15) is 13.2 Å². The SMILES string of the molecule is Cc1nc(C(F)(F)F)nc2c1nc(N)n2C1CCCCCC1. The van der Waals surface area contributed by atoms with E-state index in [4.69, 9.17) is 5.73 Å². The summed E-state index contributed by atoms with van der Waals surface area (Å²) in [6.45, 7) is 1.50. The molecule has 120 valence electrons. The number of nitrogens with two attached hydrogens (primary N) is 1. The maximum absolute atomic E-state index is 13.0. The summed E-state index contributed by atoms with van der Waals surface area (Å²) in [5.41, 5.74) is 6.73. The maximum Gasteiger partial charge on any atom is 0.451 e. The van der Waals surface area contributed by atoms with E-state index in [2.05, 4.69) is 15.0 Å². The number of hydrogen-bond acceptors (Lipinski definition) is 4. The van der Waals surface area contributed by atoms with Crippen LogP contribution < -0.4 is 5.73 Å². The quantitative estimate of drug-likeness (QED) is 0.816. The van der Waals surface area contributed by atoms with E-state index >= 15 is 0 Å². The lowest BCUT2D eigenvalue weighted by Crippen LogP contribution is -2.15. The Morgan fingerprint density at radius 1 is 1.05 bits per heavy atom. The van der Waals surface area contributed by atoms with Crippen molar-refractivity contribution in [2.75, 3.05) is 5.73 Å². The van der Waals surface area contributed by atoms with Crippen molar-refractivity contribution < 1.29 is 13.2 Å². The van der Waals surface area contributed by atoms with Crippen LogP contribution >= 0.6 is 0 Å². The van der Waals surface area contributed by atoms with Crippen molar-refractivity contribution in [2.24, 2.45) is 0 Å². The molecule has 2 N–H and O–H groups in total. The van der Waals surface area contributed by atoms with Gasteiger partial charge in [0.05, 0.1) is 5.69 Å². The summed E-state index contributed by atoms with van der Waals surface area (Å²) in [6.07, 6.45) is 1.57. The first-order valence-corrected chi connectivity index (χ1v) is 7.47. The second-order valence-electron chi connectivity index (χ2n) is 5.79. The standard InChI is InChI=1S/C14H18F3N5/c1-8-10-11(21-12(19-8)14(15,16)17)22(13(18)20-10)9-6-4-2-3-5-7-9/h9H,2-7H2,1H3,(H2,18,20). The van der Waals surface area contributed by atoms with Gasteiger partial charge in [0, 0.05) is 6.04 Å². The van der Waals surface area contributed by atoms with Crippen LogP contribution in [0.25, 0.3) is 11.2 Å². The molecule has 8 heteroatoms. The van der Waals surface area contributed by atoms with Gasteiger partial charge in [-0.3, -0.25) is 4.57 Å². The number of hydrogen-bond donors (Lipinski definition) is 1. The molecule has 1 aliphatic rings. The van der Waals surface area contributed by atoms with Gasteiger partial charge in [0.2, 0.25) is 11.8 Å². The van der Waals surface area contributed by atoms with Crippen molar-refractivity contribution >= 4 is 17.1 Å². The largest absolute Gasteiger partial charge is 0.451 e. The van der Waals surface area contributed by atoms with E-state index in [0.717, 1.165) is 38.5 Å². The van der Waals surface area contributed by atoms with Crippen LogP contribution in [0.2, 0.25) is 0 Å². The van der Waals surface area contributed by atoms with E-state index in [1.807, 2.05) is 0 Å². The number of aryl methyl sites for hydroxylation is 1. The third-order valence-corrected chi connectivity index (χ3v) is 4.18. The van der Waals surface area contributed by atoms with Crippen LogP contribution in [0.4, 0.5) is 19.1 Å². The van der Waals surface area contributed by atoms with Crippen LogP contribution in [-0.2, 0) is 6.18 Å². The molecule has 5 nitrogen and oxygen atoms in total. The summed E-state index contributed by atoms with van der Waals surface area (Å²) in [4.78, 5) is 11.4. The van der Waals surface area contributed by atoms with Gasteiger partial charge in [0.15, 0.2) is 5.65 Å². The van der Waals surface area contributed by atoms with E-state index in [9.17, 15) is 13.2 Å². The van der Waals surface area contributed by atoms with Crippen molar-refractivity contribution in [3.63, 3.8) is 0 Å². The Hall–Kier alpha value is -1.86. The normalized spacial score (nSPS) is 17.8. The third kappa shape index (κ3) is 2.62. The highest BCUT2D eigenvalue weighted by Crippen LogP contribution is 2.34. The lowest BCUT2D eigenvalue weighted by atomic mass is 10.1. The minimum absolute atomic E-state index is 0.0582. The molecule has 0 aromatic carbocycles. The number of imidazole rings is 1. The highest BCUT2D eigenvalue weighted by molar-refractivity contribution is 5.76. The van der Waals surface area contributed by atoms with Crippen molar-refractivity contribution in [1.82, 2.24) is 19.5 Å². The average Bonchev–Trinajstić information content (AvgIpc) is 2.62. The Labute approximate surface area is 125 Å². The molecule has 1 fully saturated rings. The molecule has 1 aliphatic carbocycles. The zero-order chi connectivity index (χ0) is 15.9. The van der Waals surface area contributed by atoms with Crippen LogP contribution in [-0.4, -0.2) is 19.5 Å². The van der Waals surface area contributed by atoms with Gasteiger partial charge in [-0.1, -0.05) is 25.7 Å². The van der Waals surface area contributed by atoms with Gasteiger partial charge in [-0.25, -0.2) is 15.0 Å². The Kier molecular flexibility index (Phi) is 3.70. The number of nitrogen functional groups attached to an aromatic ring is 1. The topological polar surface area (TPSA) is 69.6 Å². The van der Waals surface area contributed by atoms with Gasteiger partial charge in [0.25, 0.3) is 0 Å². The van der Waals surface area contributed by atoms with E-state index in [0.29, 0.717) is 5.52 Å². The number of aromatic nitrogens is 4. The molecule has 0 saturated heterocycles. The Morgan fingerprint density at radius 2 is 1.68 bits per heavy atom. The van der Waals surface area contributed by atoms with Crippen LogP contribution in [0.1, 0.15) is 56.1 Å². The first-order valence-electron chi connectivity index (χ1n) is 7.47. The zero-order valence-corrected chi connectivity index (χ0v) is 12.3. The highest BCUT2D eigenvalue weighted by Gasteiger charge is 2.36. The zero-order valence-electron chi connectivity index (χ0n) is 12.3. The van der Waals surface area contributed by atoms with Gasteiger partial charge >= 0.3 is 6.18 Å². The molecule has 0 radical (unpaired) electrons. The molecule has 0 unspecified atom stereocenters. The first kappa shape index (κ1) is 15.1. The number of fused-ring (bicyclic) bond motifs is 1. The molecular formula is C14H18F3N5. The molecule has 3 rings (SSSR count). The van der Waals surface area contributed by atoms with Crippen molar-refractivity contribution in [3.05, 3.63) is 11.5 Å². The summed E-state index contributed by atoms with van der Waals surface area (Å²) in [5, 5.41) is 0. The molecule has 0 bridgehead atoms. The van der Waals surface area contributed by atoms with Gasteiger partial charge in [0.1, 0.15) is 5.52 Å². The smallest absolute Gasteiger partial charge is 0.369 e. The Bertz CT molecular complexity index is 684. The first-order chi connectivity index (χ1) is 10.4. The predicted octanol–water partition coefficient (Wildman–Crippen LogP) is 3.63. The summed E-state index contributed by atoms with van der Waals surface area (Å²) in [5.74, 6) is -0.911. The van der Waals surface area contributed by atoms with Gasteiger partial charge < -0.3 is 5.73 Å². The van der Waals surface area contributed by atoms with Crippen LogP contribution in [0.5, 0.6) is 0 Å². The molecule has 2 heterocycles. The monoisotopic (exact) mass is 313 g/mol. The minimum atomic E-state index is -4.58. The Morgan fingerprint density at radius 3 is 2.27 bits per heavy atom. The van der Waals surface area contributed by atoms with E-state index in [-0.39, 0.29) is 23.3 Å². The highest BCUT2D eigenvalue weighted by atomic mass is 19.4. The summed E-state index contributed by atoms with van der Waals surface area (Å²) in [6, 6.07) is 0.0582. The predicted molar refractivity (Wildman–Crippen MR) is 76.2 cm³/mol. The van der Waals surface area contributed by atoms with E-state index in [1.54, 1.807) is 4.57 Å². The molecule has 1 saturated carbocycles. The molecule has 22 heavy (non-hydrogen) atoms. The fraction of sp³-hybridized carbons (Fsp3) is 0.643. The number of anilines is 1. The number of rotatable bonds is 1. The number of nitrogens with zero attached hydrogens (tertiary/aromatic N) is 4. The fourth-order valence-electron chi connectivity index (χ4n) is 3.13. The molecule has 2 aromatic heterocycles. The lowest BCUT2D eigenvalue weighted by molar-refractivity contribution is -0.144. The van der Waals surface area contributed by atoms with Crippen molar-refractivity contribution in [3.8, 4) is 0 Å². The second kappa shape index (κ2) is 5.40. The summed E-state index contributed by atoms with van der Waals surface area (Å²) >= 11 is 0. The van der Waals surface area contributed by atoms with Crippen LogP contribution in [0, 0.1) is 6.92 Å².